The van der Waals surface area contributed by atoms with Gasteiger partial charge in [-0.2, -0.15) is 0 Å². The number of nitrogens with one attached hydrogen (secondary N) is 1. The van der Waals surface area contributed by atoms with Crippen LogP contribution in [0.2, 0.25) is 0 Å². The Balaban J connectivity index is 1.94. The fourth-order valence-corrected chi connectivity index (χ4v) is 3.41. The van der Waals surface area contributed by atoms with Crippen molar-refractivity contribution < 1.29 is 9.53 Å². The minimum atomic E-state index is 0.138. The maximum absolute atomic E-state index is 11.5. The number of aryl methyl sites for hydroxylation is 2. The lowest BCUT2D eigenvalue weighted by Gasteiger charge is -2.32. The molecule has 0 spiro atoms. The van der Waals surface area contributed by atoms with Gasteiger partial charge >= 0.3 is 0 Å². The number of pyridine rings is 1. The van der Waals surface area contributed by atoms with Crippen LogP contribution in [0.3, 0.4) is 0 Å². The van der Waals surface area contributed by atoms with E-state index in [1.54, 1.807) is 6.92 Å². The smallest absolute Gasteiger partial charge is 0.219 e. The number of anilines is 1. The van der Waals surface area contributed by atoms with Crippen LogP contribution in [-0.2, 0) is 16.1 Å². The van der Waals surface area contributed by atoms with Gasteiger partial charge in [-0.1, -0.05) is 0 Å². The number of aromatic nitrogens is 3. The highest BCUT2D eigenvalue weighted by Crippen LogP contribution is 2.26. The molecule has 0 aromatic carbocycles. The Labute approximate surface area is 153 Å². The third-order valence-electron chi connectivity index (χ3n) is 5.06. The average molecular weight is 360 g/mol. The van der Waals surface area contributed by atoms with Crippen LogP contribution in [0.4, 0.5) is 5.82 Å². The Kier molecular flexibility index (Phi) is 5.31. The average Bonchev–Trinajstić information content (AvgIpc) is 2.97. The van der Waals surface area contributed by atoms with E-state index in [9.17, 15) is 4.79 Å². The van der Waals surface area contributed by atoms with Crippen molar-refractivity contribution >= 4 is 22.8 Å². The number of likely N-dealkylation sites (tertiary alicyclic amines) is 1. The third-order valence-corrected chi connectivity index (χ3v) is 5.06. The number of imidazole rings is 1. The Morgan fingerprint density at radius 3 is 2.62 bits per heavy atom. The van der Waals surface area contributed by atoms with Crippen molar-refractivity contribution in [2.75, 3.05) is 30.9 Å². The highest BCUT2D eigenvalue weighted by molar-refractivity contribution is 5.88. The molecule has 0 unspecified atom stereocenters. The summed E-state index contributed by atoms with van der Waals surface area (Å²) in [6, 6.07) is 0.262. The van der Waals surface area contributed by atoms with Crippen molar-refractivity contribution in [1.29, 1.82) is 0 Å². The molecule has 142 valence electrons. The van der Waals surface area contributed by atoms with Crippen molar-refractivity contribution in [2.24, 2.45) is 0 Å². The first-order valence-corrected chi connectivity index (χ1v) is 9.16. The van der Waals surface area contributed by atoms with Gasteiger partial charge in [-0.15, -0.1) is 0 Å². The highest BCUT2D eigenvalue weighted by atomic mass is 16.5. The van der Waals surface area contributed by atoms with Gasteiger partial charge in [-0.05, 0) is 39.2 Å². The van der Waals surface area contributed by atoms with Crippen LogP contribution in [0.15, 0.2) is 0 Å². The summed E-state index contributed by atoms with van der Waals surface area (Å²) in [7, 11) is 0. The highest BCUT2D eigenvalue weighted by Gasteiger charge is 2.24. The number of nitrogens with two attached hydrogens (primary N) is 1. The van der Waals surface area contributed by atoms with Crippen LogP contribution >= 0.6 is 0 Å². The zero-order chi connectivity index (χ0) is 18.8. The third kappa shape index (κ3) is 3.46. The number of carbonyl (C=O) groups is 1. The second-order valence-electron chi connectivity index (χ2n) is 6.81. The van der Waals surface area contributed by atoms with Crippen LogP contribution in [0, 0.1) is 13.8 Å². The van der Waals surface area contributed by atoms with Gasteiger partial charge in [0.25, 0.3) is 0 Å². The number of carbonyl (C=O) groups excluding carboxylic acids is 1. The second-order valence-corrected chi connectivity index (χ2v) is 6.81. The number of amides is 1. The predicted octanol–water partition coefficient (Wildman–Crippen LogP) is 1.72. The monoisotopic (exact) mass is 360 g/mol. The SMILES string of the molecule is CCOCc1nc2c(N)nc(C)c(C)c2n1NC1CCN(C(C)=O)CC1. The molecular formula is C18H28N6O2. The second kappa shape index (κ2) is 7.49. The maximum Gasteiger partial charge on any atom is 0.219 e. The first kappa shape index (κ1) is 18.4. The molecule has 8 heteroatoms. The van der Waals surface area contributed by atoms with Crippen LogP contribution in [0.1, 0.15) is 43.8 Å². The summed E-state index contributed by atoms with van der Waals surface area (Å²) in [5, 5.41) is 0. The number of nitrogens with zero attached hydrogens (tertiary/aromatic N) is 4. The Morgan fingerprint density at radius 1 is 1.31 bits per heavy atom. The quantitative estimate of drug-likeness (QED) is 0.842. The molecule has 8 nitrogen and oxygen atoms in total. The van der Waals surface area contributed by atoms with Gasteiger partial charge in [0, 0.05) is 38.4 Å². The Morgan fingerprint density at radius 2 is 2.00 bits per heavy atom. The lowest BCUT2D eigenvalue weighted by Crippen LogP contribution is -2.43. The first-order chi connectivity index (χ1) is 12.4. The maximum atomic E-state index is 11.5. The summed E-state index contributed by atoms with van der Waals surface area (Å²) in [6.45, 7) is 10.1. The van der Waals surface area contributed by atoms with Gasteiger partial charge in [0.1, 0.15) is 12.1 Å². The molecule has 1 saturated heterocycles. The van der Waals surface area contributed by atoms with Crippen LogP contribution in [0.5, 0.6) is 0 Å². The molecule has 3 rings (SSSR count). The summed E-state index contributed by atoms with van der Waals surface area (Å²) in [4.78, 5) is 22.5. The Hall–Kier alpha value is -2.35. The summed E-state index contributed by atoms with van der Waals surface area (Å²) >= 11 is 0. The minimum absolute atomic E-state index is 0.138. The van der Waals surface area contributed by atoms with E-state index in [1.165, 1.54) is 0 Å². The molecule has 0 radical (unpaired) electrons. The number of fused-ring (bicyclic) bond motifs is 1. The zero-order valence-corrected chi connectivity index (χ0v) is 16.0. The molecular weight excluding hydrogens is 332 g/mol. The van der Waals surface area contributed by atoms with Gasteiger partial charge in [-0.3, -0.25) is 4.79 Å². The summed E-state index contributed by atoms with van der Waals surface area (Å²) in [5.41, 5.74) is 13.3. The molecule has 0 bridgehead atoms. The Bertz CT molecular complexity index is 808. The van der Waals surface area contributed by atoms with Gasteiger partial charge < -0.3 is 20.8 Å². The van der Waals surface area contributed by atoms with E-state index in [4.69, 9.17) is 10.5 Å². The van der Waals surface area contributed by atoms with Crippen molar-refractivity contribution in [2.45, 2.75) is 53.2 Å². The fourth-order valence-electron chi connectivity index (χ4n) is 3.41. The summed E-state index contributed by atoms with van der Waals surface area (Å²) in [5.74, 6) is 1.37. The molecule has 0 saturated carbocycles. The van der Waals surface area contributed by atoms with E-state index in [2.05, 4.69) is 15.4 Å². The molecule has 1 fully saturated rings. The van der Waals surface area contributed by atoms with Crippen molar-refractivity contribution in [3.63, 3.8) is 0 Å². The fraction of sp³-hybridized carbons (Fsp3) is 0.611. The molecule has 1 amide bonds. The summed E-state index contributed by atoms with van der Waals surface area (Å²) < 4.78 is 7.61. The zero-order valence-electron chi connectivity index (χ0n) is 16.0. The number of nitrogen functional groups attached to an aromatic ring is 1. The predicted molar refractivity (Wildman–Crippen MR) is 101 cm³/mol. The standard InChI is InChI=1S/C18H28N6O2/c1-5-26-10-15-21-16-17(11(2)12(3)20-18(16)19)24(15)22-14-6-8-23(9-7-14)13(4)25/h14,22H,5-10H2,1-4H3,(H2,19,20). The van der Waals surface area contributed by atoms with E-state index >= 15 is 0 Å². The molecule has 3 heterocycles. The van der Waals surface area contributed by atoms with Gasteiger partial charge in [-0.25, -0.2) is 14.6 Å². The van der Waals surface area contributed by atoms with E-state index in [-0.39, 0.29) is 11.9 Å². The number of hydrogen-bond donors (Lipinski definition) is 2. The topological polar surface area (TPSA) is 98.3 Å². The van der Waals surface area contributed by atoms with Crippen molar-refractivity contribution in [1.82, 2.24) is 19.5 Å². The van der Waals surface area contributed by atoms with Crippen LogP contribution in [0.25, 0.3) is 11.0 Å². The molecule has 1 aliphatic heterocycles. The number of piperidine rings is 1. The van der Waals surface area contributed by atoms with E-state index in [0.29, 0.717) is 24.5 Å². The largest absolute Gasteiger partial charge is 0.382 e. The first-order valence-electron chi connectivity index (χ1n) is 9.16. The van der Waals surface area contributed by atoms with Gasteiger partial charge in [0.15, 0.2) is 11.6 Å². The molecule has 26 heavy (non-hydrogen) atoms. The molecule has 2 aromatic heterocycles. The summed E-state index contributed by atoms with van der Waals surface area (Å²) in [6.07, 6.45) is 1.79. The molecule has 3 N–H and O–H groups in total. The number of ether oxygens (including phenoxy) is 1. The normalized spacial score (nSPS) is 15.6. The van der Waals surface area contributed by atoms with Crippen molar-refractivity contribution in [3.05, 3.63) is 17.1 Å². The van der Waals surface area contributed by atoms with Gasteiger partial charge in [0.05, 0.1) is 5.52 Å². The van der Waals surface area contributed by atoms with E-state index < -0.39 is 0 Å². The van der Waals surface area contributed by atoms with Crippen molar-refractivity contribution in [3.8, 4) is 0 Å². The molecule has 0 atom stereocenters. The van der Waals surface area contributed by atoms with E-state index in [0.717, 1.165) is 48.5 Å². The lowest BCUT2D eigenvalue weighted by molar-refractivity contribution is -0.129. The van der Waals surface area contributed by atoms with Crippen LogP contribution < -0.4 is 11.2 Å². The number of hydrogen-bond acceptors (Lipinski definition) is 6. The molecule has 1 aliphatic rings. The number of rotatable bonds is 5. The van der Waals surface area contributed by atoms with Crippen LogP contribution in [-0.4, -0.2) is 51.2 Å². The molecule has 2 aromatic rings. The van der Waals surface area contributed by atoms with E-state index in [1.807, 2.05) is 30.3 Å². The molecule has 0 aliphatic carbocycles. The minimum Gasteiger partial charge on any atom is -0.382 e. The van der Waals surface area contributed by atoms with Gasteiger partial charge in [0.2, 0.25) is 5.91 Å². The lowest BCUT2D eigenvalue weighted by atomic mass is 10.1.